The minimum atomic E-state index is -4.02. The zero-order valence-corrected chi connectivity index (χ0v) is 18.0. The van der Waals surface area contributed by atoms with Gasteiger partial charge in [-0.3, -0.25) is 0 Å². The summed E-state index contributed by atoms with van der Waals surface area (Å²) in [5.41, 5.74) is 1.34. The number of nitrogens with one attached hydrogen (secondary N) is 1. The molecule has 0 radical (unpaired) electrons. The number of phenols is 1. The van der Waals surface area contributed by atoms with Gasteiger partial charge in [0.05, 0.1) is 5.02 Å². The molecule has 28 heavy (non-hydrogen) atoms. The number of nitrogens with zero attached hydrogens (tertiary/aromatic N) is 1. The van der Waals surface area contributed by atoms with Gasteiger partial charge in [-0.2, -0.15) is 0 Å². The smallest absolute Gasteiger partial charge is 0.244 e. The SMILES string of the molecule is CC(C)(C)c1ccc2c(Cl)cc(S(=O)(=O)NCc3ccc(Cl)cc3)c(O)c2n1. The van der Waals surface area contributed by atoms with Crippen LogP contribution in [0.4, 0.5) is 0 Å². The molecular formula is C20H20Cl2N2O3S. The lowest BCUT2D eigenvalue weighted by atomic mass is 9.91. The summed E-state index contributed by atoms with van der Waals surface area (Å²) in [6.07, 6.45) is 0. The Hall–Kier alpha value is -1.86. The first-order chi connectivity index (χ1) is 13.0. The Morgan fingerprint density at radius 3 is 2.32 bits per heavy atom. The third-order valence-corrected chi connectivity index (χ3v) is 6.28. The van der Waals surface area contributed by atoms with Crippen molar-refractivity contribution in [3.05, 3.63) is 63.8 Å². The van der Waals surface area contributed by atoms with Gasteiger partial charge >= 0.3 is 0 Å². The predicted molar refractivity (Wildman–Crippen MR) is 113 cm³/mol. The molecule has 0 aliphatic carbocycles. The molecule has 0 saturated heterocycles. The van der Waals surface area contributed by atoms with Crippen molar-refractivity contribution in [3.63, 3.8) is 0 Å². The van der Waals surface area contributed by atoms with Gasteiger partial charge in [0.2, 0.25) is 10.0 Å². The van der Waals surface area contributed by atoms with Crippen molar-refractivity contribution >= 4 is 44.1 Å². The number of hydrogen-bond donors (Lipinski definition) is 2. The van der Waals surface area contributed by atoms with E-state index in [2.05, 4.69) is 9.71 Å². The van der Waals surface area contributed by atoms with Gasteiger partial charge < -0.3 is 5.11 Å². The van der Waals surface area contributed by atoms with E-state index in [1.54, 1.807) is 30.3 Å². The van der Waals surface area contributed by atoms with Gasteiger partial charge in [-0.1, -0.05) is 56.1 Å². The summed E-state index contributed by atoms with van der Waals surface area (Å²) in [5, 5.41) is 11.9. The molecule has 1 aromatic heterocycles. The summed E-state index contributed by atoms with van der Waals surface area (Å²) in [7, 11) is -4.02. The molecule has 3 rings (SSSR count). The molecule has 1 heterocycles. The van der Waals surface area contributed by atoms with E-state index in [9.17, 15) is 13.5 Å². The van der Waals surface area contributed by atoms with Crippen LogP contribution in [0.15, 0.2) is 47.4 Å². The second kappa shape index (κ2) is 7.52. The zero-order chi connectivity index (χ0) is 20.7. The molecule has 5 nitrogen and oxygen atoms in total. The lowest BCUT2D eigenvalue weighted by Gasteiger charge is -2.19. The average Bonchev–Trinajstić information content (AvgIpc) is 2.63. The van der Waals surface area contributed by atoms with Crippen LogP contribution in [0.2, 0.25) is 10.0 Å². The normalized spacial score (nSPS) is 12.5. The molecule has 0 aliphatic heterocycles. The van der Waals surface area contributed by atoms with Crippen molar-refractivity contribution in [1.29, 1.82) is 0 Å². The van der Waals surface area contributed by atoms with E-state index in [1.165, 1.54) is 6.07 Å². The van der Waals surface area contributed by atoms with Gasteiger partial charge in [-0.25, -0.2) is 18.1 Å². The van der Waals surface area contributed by atoms with E-state index in [0.29, 0.717) is 10.4 Å². The standard InChI is InChI=1S/C20H20Cl2N2O3S/c1-20(2,3)17-9-8-14-15(22)10-16(19(25)18(14)24-17)28(26,27)23-11-12-4-6-13(21)7-5-12/h4-10,23,25H,11H2,1-3H3. The van der Waals surface area contributed by atoms with Crippen LogP contribution in [0.1, 0.15) is 32.0 Å². The first kappa shape index (κ1) is 20.9. The largest absolute Gasteiger partial charge is 0.504 e. The molecule has 3 aromatic rings. The van der Waals surface area contributed by atoms with Crippen molar-refractivity contribution in [2.45, 2.75) is 37.6 Å². The lowest BCUT2D eigenvalue weighted by molar-refractivity contribution is 0.462. The van der Waals surface area contributed by atoms with Crippen LogP contribution in [-0.2, 0) is 22.0 Å². The van der Waals surface area contributed by atoms with E-state index in [4.69, 9.17) is 23.2 Å². The Labute approximate surface area is 174 Å². The third-order valence-electron chi connectivity index (χ3n) is 4.31. The van der Waals surface area contributed by atoms with Crippen molar-refractivity contribution in [1.82, 2.24) is 9.71 Å². The topological polar surface area (TPSA) is 79.3 Å². The quantitative estimate of drug-likeness (QED) is 0.598. The molecular weight excluding hydrogens is 419 g/mol. The highest BCUT2D eigenvalue weighted by Crippen LogP contribution is 2.37. The molecule has 0 bridgehead atoms. The van der Waals surface area contributed by atoms with Crippen LogP contribution < -0.4 is 4.72 Å². The lowest BCUT2D eigenvalue weighted by Crippen LogP contribution is -2.23. The van der Waals surface area contributed by atoms with Crippen LogP contribution in [0.5, 0.6) is 5.75 Å². The minimum absolute atomic E-state index is 0.0457. The monoisotopic (exact) mass is 438 g/mol. The Bertz CT molecular complexity index is 1140. The average molecular weight is 439 g/mol. The summed E-state index contributed by atoms with van der Waals surface area (Å²) in [6, 6.07) is 11.6. The number of aromatic hydroxyl groups is 1. The van der Waals surface area contributed by atoms with Gasteiger partial charge in [0.25, 0.3) is 0 Å². The molecule has 148 valence electrons. The fourth-order valence-electron chi connectivity index (χ4n) is 2.69. The molecule has 0 unspecified atom stereocenters. The number of phenolic OH excluding ortho intramolecular Hbond substituents is 1. The van der Waals surface area contributed by atoms with Gasteiger partial charge in [-0.15, -0.1) is 0 Å². The van der Waals surface area contributed by atoms with Crippen LogP contribution in [-0.4, -0.2) is 18.5 Å². The first-order valence-electron chi connectivity index (χ1n) is 8.56. The number of hydrogen-bond acceptors (Lipinski definition) is 4. The van der Waals surface area contributed by atoms with Crippen molar-refractivity contribution in [2.24, 2.45) is 0 Å². The van der Waals surface area contributed by atoms with Crippen molar-refractivity contribution < 1.29 is 13.5 Å². The van der Waals surface area contributed by atoms with Crippen LogP contribution >= 0.6 is 23.2 Å². The number of aromatic nitrogens is 1. The number of rotatable bonds is 4. The van der Waals surface area contributed by atoms with E-state index in [-0.39, 0.29) is 27.4 Å². The van der Waals surface area contributed by atoms with Gasteiger partial charge in [0.1, 0.15) is 10.4 Å². The van der Waals surface area contributed by atoms with Crippen molar-refractivity contribution in [2.75, 3.05) is 0 Å². The van der Waals surface area contributed by atoms with Crippen LogP contribution in [0.3, 0.4) is 0 Å². The predicted octanol–water partition coefficient (Wildman–Crippen LogP) is 5.02. The van der Waals surface area contributed by atoms with E-state index in [0.717, 1.165) is 11.3 Å². The number of pyridine rings is 1. The third kappa shape index (κ3) is 4.25. The summed E-state index contributed by atoms with van der Waals surface area (Å²) >= 11 is 12.1. The fourth-order valence-corrected chi connectivity index (χ4v) is 4.28. The highest BCUT2D eigenvalue weighted by atomic mass is 35.5. The Kier molecular flexibility index (Phi) is 5.60. The van der Waals surface area contributed by atoms with E-state index < -0.39 is 15.8 Å². The van der Waals surface area contributed by atoms with Gasteiger partial charge in [-0.05, 0) is 35.9 Å². The molecule has 8 heteroatoms. The van der Waals surface area contributed by atoms with E-state index in [1.807, 2.05) is 26.8 Å². The highest BCUT2D eigenvalue weighted by Gasteiger charge is 2.24. The number of fused-ring (bicyclic) bond motifs is 1. The van der Waals surface area contributed by atoms with Gasteiger partial charge in [0, 0.05) is 28.1 Å². The Morgan fingerprint density at radius 2 is 1.71 bits per heavy atom. The second-order valence-electron chi connectivity index (χ2n) is 7.50. The van der Waals surface area contributed by atoms with Crippen molar-refractivity contribution in [3.8, 4) is 5.75 Å². The summed E-state index contributed by atoms with van der Waals surface area (Å²) in [5.74, 6) is -0.422. The highest BCUT2D eigenvalue weighted by molar-refractivity contribution is 7.89. The zero-order valence-electron chi connectivity index (χ0n) is 15.6. The summed E-state index contributed by atoms with van der Waals surface area (Å²) < 4.78 is 28.0. The van der Waals surface area contributed by atoms with Crippen LogP contribution in [0, 0.1) is 0 Å². The minimum Gasteiger partial charge on any atom is -0.504 e. The number of benzene rings is 2. The maximum absolute atomic E-state index is 12.8. The molecule has 2 aromatic carbocycles. The Balaban J connectivity index is 2.03. The molecule has 2 N–H and O–H groups in total. The second-order valence-corrected chi connectivity index (χ2v) is 10.1. The molecule has 0 amide bonds. The maximum atomic E-state index is 12.8. The molecule has 0 atom stereocenters. The first-order valence-corrected chi connectivity index (χ1v) is 10.8. The van der Waals surface area contributed by atoms with E-state index >= 15 is 0 Å². The number of sulfonamides is 1. The molecule has 0 aliphatic rings. The molecule has 0 fully saturated rings. The maximum Gasteiger partial charge on any atom is 0.244 e. The fraction of sp³-hybridized carbons (Fsp3) is 0.250. The summed E-state index contributed by atoms with van der Waals surface area (Å²) in [4.78, 5) is 4.16. The molecule has 0 saturated carbocycles. The van der Waals surface area contributed by atoms with Crippen LogP contribution in [0.25, 0.3) is 10.9 Å². The molecule has 0 spiro atoms. The van der Waals surface area contributed by atoms with Gasteiger partial charge in [0.15, 0.2) is 5.75 Å². The summed E-state index contributed by atoms with van der Waals surface area (Å²) in [6.45, 7) is 5.99. The Morgan fingerprint density at radius 1 is 1.07 bits per heavy atom. The number of halogens is 2.